The molecule has 0 radical (unpaired) electrons. The Kier molecular flexibility index (Phi) is 3.67. The number of fused-ring (bicyclic) bond motifs is 1. The fraction of sp³-hybridized carbons (Fsp3) is 0.308. The standard InChI is InChI=1S/C13H14N4OS/c1-3-16(2)12(18)8-17-11-6-9(7-14)4-5-10(11)15-13(17)19/h4-6H,3,8H2,1-2H3,(H,15,19). The number of aromatic nitrogens is 2. The van der Waals surface area contributed by atoms with Gasteiger partial charge in [0.2, 0.25) is 5.91 Å². The van der Waals surface area contributed by atoms with E-state index in [2.05, 4.69) is 11.1 Å². The van der Waals surface area contributed by atoms with Crippen LogP contribution in [0.25, 0.3) is 11.0 Å². The number of imidazole rings is 1. The lowest BCUT2D eigenvalue weighted by Crippen LogP contribution is -2.29. The van der Waals surface area contributed by atoms with Gasteiger partial charge >= 0.3 is 0 Å². The predicted molar refractivity (Wildman–Crippen MR) is 75.1 cm³/mol. The average Bonchev–Trinajstić information content (AvgIpc) is 2.73. The molecule has 2 rings (SSSR count). The zero-order chi connectivity index (χ0) is 14.0. The Bertz CT molecular complexity index is 722. The Morgan fingerprint density at radius 3 is 2.95 bits per heavy atom. The first kappa shape index (κ1) is 13.3. The van der Waals surface area contributed by atoms with Crippen LogP contribution in [0.3, 0.4) is 0 Å². The molecule has 0 aliphatic heterocycles. The second-order valence-corrected chi connectivity index (χ2v) is 4.65. The summed E-state index contributed by atoms with van der Waals surface area (Å²) >= 11 is 5.23. The van der Waals surface area contributed by atoms with Gasteiger partial charge in [-0.25, -0.2) is 0 Å². The van der Waals surface area contributed by atoms with E-state index in [4.69, 9.17) is 17.5 Å². The van der Waals surface area contributed by atoms with E-state index >= 15 is 0 Å². The fourth-order valence-corrected chi connectivity index (χ4v) is 2.08. The third-order valence-electron chi connectivity index (χ3n) is 3.10. The molecule has 0 fully saturated rings. The van der Waals surface area contributed by atoms with Crippen LogP contribution in [0, 0.1) is 16.1 Å². The number of hydrogen-bond acceptors (Lipinski definition) is 3. The highest BCUT2D eigenvalue weighted by molar-refractivity contribution is 7.71. The molecule has 0 bridgehead atoms. The Hall–Kier alpha value is -2.13. The maximum Gasteiger partial charge on any atom is 0.242 e. The molecule has 0 spiro atoms. The molecule has 6 heteroatoms. The highest BCUT2D eigenvalue weighted by Crippen LogP contribution is 2.16. The van der Waals surface area contributed by atoms with Crippen molar-refractivity contribution in [1.29, 1.82) is 5.26 Å². The maximum absolute atomic E-state index is 12.0. The van der Waals surface area contributed by atoms with Crippen LogP contribution < -0.4 is 0 Å². The van der Waals surface area contributed by atoms with Crippen molar-refractivity contribution in [3.63, 3.8) is 0 Å². The molecular formula is C13H14N4OS. The lowest BCUT2D eigenvalue weighted by Gasteiger charge is -2.15. The summed E-state index contributed by atoms with van der Waals surface area (Å²) in [6, 6.07) is 7.34. The van der Waals surface area contributed by atoms with E-state index in [0.29, 0.717) is 16.9 Å². The minimum Gasteiger partial charge on any atom is -0.344 e. The van der Waals surface area contributed by atoms with Gasteiger partial charge in [0.25, 0.3) is 0 Å². The molecule has 98 valence electrons. The number of likely N-dealkylation sites (N-methyl/N-ethyl adjacent to an activating group) is 1. The molecule has 0 atom stereocenters. The zero-order valence-corrected chi connectivity index (χ0v) is 11.6. The van der Waals surface area contributed by atoms with Crippen molar-refractivity contribution in [2.45, 2.75) is 13.5 Å². The first-order valence-electron chi connectivity index (χ1n) is 5.93. The second kappa shape index (κ2) is 5.24. The van der Waals surface area contributed by atoms with Gasteiger partial charge in [-0.15, -0.1) is 0 Å². The number of benzene rings is 1. The lowest BCUT2D eigenvalue weighted by atomic mass is 10.2. The van der Waals surface area contributed by atoms with Crippen molar-refractivity contribution in [3.05, 3.63) is 28.5 Å². The summed E-state index contributed by atoms with van der Waals surface area (Å²) in [5.74, 6) is -0.0122. The maximum atomic E-state index is 12.0. The van der Waals surface area contributed by atoms with Crippen LogP contribution in [-0.2, 0) is 11.3 Å². The summed E-state index contributed by atoms with van der Waals surface area (Å²) in [4.78, 5) is 16.6. The van der Waals surface area contributed by atoms with E-state index in [1.54, 1.807) is 34.7 Å². The molecule has 0 saturated carbocycles. The summed E-state index contributed by atoms with van der Waals surface area (Å²) in [7, 11) is 1.75. The normalized spacial score (nSPS) is 10.4. The summed E-state index contributed by atoms with van der Waals surface area (Å²) < 4.78 is 2.21. The molecule has 1 N–H and O–H groups in total. The van der Waals surface area contributed by atoms with Crippen LogP contribution in [0.5, 0.6) is 0 Å². The van der Waals surface area contributed by atoms with Crippen molar-refractivity contribution < 1.29 is 4.79 Å². The van der Waals surface area contributed by atoms with Crippen LogP contribution in [0.2, 0.25) is 0 Å². The van der Waals surface area contributed by atoms with Gasteiger partial charge in [0.1, 0.15) is 6.54 Å². The van der Waals surface area contributed by atoms with Crippen LogP contribution in [0.1, 0.15) is 12.5 Å². The van der Waals surface area contributed by atoms with Crippen LogP contribution in [0.15, 0.2) is 18.2 Å². The molecule has 5 nitrogen and oxygen atoms in total. The molecular weight excluding hydrogens is 260 g/mol. The fourth-order valence-electron chi connectivity index (χ4n) is 1.81. The third-order valence-corrected chi connectivity index (χ3v) is 3.42. The van der Waals surface area contributed by atoms with Gasteiger partial charge in [-0.2, -0.15) is 5.26 Å². The summed E-state index contributed by atoms with van der Waals surface area (Å²) in [6.45, 7) is 2.75. The van der Waals surface area contributed by atoms with Crippen molar-refractivity contribution in [2.75, 3.05) is 13.6 Å². The molecule has 1 heterocycles. The molecule has 0 aliphatic carbocycles. The minimum absolute atomic E-state index is 0.0122. The lowest BCUT2D eigenvalue weighted by molar-refractivity contribution is -0.130. The summed E-state index contributed by atoms with van der Waals surface area (Å²) in [5.41, 5.74) is 2.16. The van der Waals surface area contributed by atoms with Crippen molar-refractivity contribution in [2.24, 2.45) is 0 Å². The smallest absolute Gasteiger partial charge is 0.242 e. The number of nitriles is 1. The molecule has 2 aromatic rings. The van der Waals surface area contributed by atoms with Crippen molar-refractivity contribution >= 4 is 29.2 Å². The van der Waals surface area contributed by atoms with E-state index < -0.39 is 0 Å². The number of nitrogens with one attached hydrogen (secondary N) is 1. The van der Waals surface area contributed by atoms with Gasteiger partial charge in [-0.05, 0) is 37.3 Å². The molecule has 1 aromatic heterocycles. The predicted octanol–water partition coefficient (Wildman–Crippen LogP) is 2.05. The number of aromatic amines is 1. The van der Waals surface area contributed by atoms with E-state index in [0.717, 1.165) is 11.0 Å². The van der Waals surface area contributed by atoms with Gasteiger partial charge in [-0.3, -0.25) is 4.79 Å². The Labute approximate surface area is 116 Å². The van der Waals surface area contributed by atoms with Gasteiger partial charge in [0, 0.05) is 13.6 Å². The Morgan fingerprint density at radius 2 is 2.32 bits per heavy atom. The van der Waals surface area contributed by atoms with Gasteiger partial charge in [0.15, 0.2) is 4.77 Å². The molecule has 0 aliphatic rings. The zero-order valence-electron chi connectivity index (χ0n) is 10.8. The van der Waals surface area contributed by atoms with Crippen molar-refractivity contribution in [3.8, 4) is 6.07 Å². The monoisotopic (exact) mass is 274 g/mol. The molecule has 0 saturated heterocycles. The van der Waals surface area contributed by atoms with Gasteiger partial charge < -0.3 is 14.5 Å². The third kappa shape index (κ3) is 2.51. The number of carbonyl (C=O) groups excluding carboxylic acids is 1. The highest BCUT2D eigenvalue weighted by atomic mass is 32.1. The minimum atomic E-state index is -0.0122. The number of rotatable bonds is 3. The number of carbonyl (C=O) groups is 1. The van der Waals surface area contributed by atoms with Crippen molar-refractivity contribution in [1.82, 2.24) is 14.5 Å². The van der Waals surface area contributed by atoms with E-state index in [9.17, 15) is 4.79 Å². The van der Waals surface area contributed by atoms with E-state index in [-0.39, 0.29) is 12.5 Å². The summed E-state index contributed by atoms with van der Waals surface area (Å²) in [6.07, 6.45) is 0. The topological polar surface area (TPSA) is 64.8 Å². The van der Waals surface area contributed by atoms with Crippen LogP contribution >= 0.6 is 12.2 Å². The van der Waals surface area contributed by atoms with Gasteiger partial charge in [0.05, 0.1) is 22.7 Å². The quantitative estimate of drug-likeness (QED) is 0.871. The van der Waals surface area contributed by atoms with Crippen LogP contribution in [0.4, 0.5) is 0 Å². The number of hydrogen-bond donors (Lipinski definition) is 1. The Morgan fingerprint density at radius 1 is 1.58 bits per heavy atom. The average molecular weight is 274 g/mol. The molecule has 0 unspecified atom stereocenters. The number of nitrogens with zero attached hydrogens (tertiary/aromatic N) is 3. The number of amides is 1. The number of H-pyrrole nitrogens is 1. The Balaban J connectivity index is 2.48. The van der Waals surface area contributed by atoms with E-state index in [1.165, 1.54) is 0 Å². The molecule has 1 aromatic carbocycles. The largest absolute Gasteiger partial charge is 0.344 e. The van der Waals surface area contributed by atoms with Crippen LogP contribution in [-0.4, -0.2) is 34.0 Å². The molecule has 19 heavy (non-hydrogen) atoms. The van der Waals surface area contributed by atoms with E-state index in [1.807, 2.05) is 6.92 Å². The second-order valence-electron chi connectivity index (χ2n) is 4.27. The SMILES string of the molecule is CCN(C)C(=O)Cn1c(=S)[nH]c2ccc(C#N)cc21. The molecule has 1 amide bonds. The summed E-state index contributed by atoms with van der Waals surface area (Å²) in [5, 5.41) is 8.93. The van der Waals surface area contributed by atoms with Gasteiger partial charge in [-0.1, -0.05) is 0 Å². The highest BCUT2D eigenvalue weighted by Gasteiger charge is 2.12. The first-order valence-corrected chi connectivity index (χ1v) is 6.34. The first-order chi connectivity index (χ1) is 9.06.